The summed E-state index contributed by atoms with van der Waals surface area (Å²) in [5.74, 6) is -1.48. The van der Waals surface area contributed by atoms with Crippen molar-refractivity contribution in [3.8, 4) is 0 Å². The molecule has 4 nitrogen and oxygen atoms in total. The van der Waals surface area contributed by atoms with Crippen molar-refractivity contribution < 1.29 is 19.1 Å². The van der Waals surface area contributed by atoms with Gasteiger partial charge in [0.05, 0.1) is 11.8 Å². The van der Waals surface area contributed by atoms with E-state index in [9.17, 15) is 14.0 Å². The van der Waals surface area contributed by atoms with Crippen molar-refractivity contribution in [2.24, 2.45) is 0 Å². The van der Waals surface area contributed by atoms with Crippen molar-refractivity contribution in [2.75, 3.05) is 13.6 Å². The third-order valence-corrected chi connectivity index (χ3v) is 4.26. The second kappa shape index (κ2) is 6.24. The molecule has 0 atom stereocenters. The third-order valence-electron chi connectivity index (χ3n) is 4.26. The monoisotopic (exact) mass is 293 g/mol. The number of carbonyl (C=O) groups is 2. The standard InChI is InChI=1S/C16H20FNO3/c1-18(11-8-14(19)20)15(21)16(9-4-5-10-16)12-6-2-3-7-13(12)17/h2-3,6-7H,4-5,8-11H2,1H3,(H,19,20). The molecule has 0 unspecified atom stereocenters. The fraction of sp³-hybridized carbons (Fsp3) is 0.500. The van der Waals surface area contributed by atoms with Gasteiger partial charge in [-0.25, -0.2) is 4.39 Å². The minimum atomic E-state index is -0.944. The summed E-state index contributed by atoms with van der Waals surface area (Å²) in [6.07, 6.45) is 2.89. The molecule has 1 aliphatic carbocycles. The summed E-state index contributed by atoms with van der Waals surface area (Å²) in [5, 5.41) is 8.74. The first-order valence-corrected chi connectivity index (χ1v) is 7.20. The first-order chi connectivity index (χ1) is 9.97. The Morgan fingerprint density at radius 2 is 1.90 bits per heavy atom. The van der Waals surface area contributed by atoms with Crippen molar-refractivity contribution in [3.63, 3.8) is 0 Å². The number of benzene rings is 1. The number of nitrogens with zero attached hydrogens (tertiary/aromatic N) is 1. The molecule has 1 aromatic rings. The molecule has 0 aromatic heterocycles. The van der Waals surface area contributed by atoms with Crippen LogP contribution in [0.25, 0.3) is 0 Å². The van der Waals surface area contributed by atoms with Gasteiger partial charge in [-0.15, -0.1) is 0 Å². The average molecular weight is 293 g/mol. The van der Waals surface area contributed by atoms with E-state index in [1.165, 1.54) is 11.0 Å². The van der Waals surface area contributed by atoms with Crippen molar-refractivity contribution in [1.82, 2.24) is 4.90 Å². The number of carboxylic acids is 1. The van der Waals surface area contributed by atoms with Gasteiger partial charge >= 0.3 is 5.97 Å². The Balaban J connectivity index is 2.28. The van der Waals surface area contributed by atoms with Crippen LogP contribution in [0.1, 0.15) is 37.7 Å². The van der Waals surface area contributed by atoms with Crippen LogP contribution >= 0.6 is 0 Å². The number of rotatable bonds is 5. The highest BCUT2D eigenvalue weighted by Gasteiger charge is 2.45. The van der Waals surface area contributed by atoms with Gasteiger partial charge in [0.2, 0.25) is 5.91 Å². The molecule has 0 saturated heterocycles. The quantitative estimate of drug-likeness (QED) is 0.907. The van der Waals surface area contributed by atoms with Crippen LogP contribution in [0.3, 0.4) is 0 Å². The molecule has 0 spiro atoms. The number of aliphatic carboxylic acids is 1. The summed E-state index contributed by atoms with van der Waals surface area (Å²) < 4.78 is 14.2. The lowest BCUT2D eigenvalue weighted by atomic mass is 9.77. The maximum Gasteiger partial charge on any atom is 0.305 e. The van der Waals surface area contributed by atoms with E-state index in [-0.39, 0.29) is 24.7 Å². The van der Waals surface area contributed by atoms with Crippen LogP contribution < -0.4 is 0 Å². The largest absolute Gasteiger partial charge is 0.481 e. The molecule has 0 radical (unpaired) electrons. The Hall–Kier alpha value is -1.91. The molecular formula is C16H20FNO3. The summed E-state index contributed by atoms with van der Waals surface area (Å²) in [6.45, 7) is 0.143. The Morgan fingerprint density at radius 1 is 1.29 bits per heavy atom. The maximum atomic E-state index is 14.2. The molecule has 1 saturated carbocycles. The molecule has 1 amide bonds. The topological polar surface area (TPSA) is 57.6 Å². The lowest BCUT2D eigenvalue weighted by Gasteiger charge is -2.33. The molecule has 114 valence electrons. The molecule has 1 N–H and O–H groups in total. The molecule has 0 bridgehead atoms. The smallest absolute Gasteiger partial charge is 0.305 e. The van der Waals surface area contributed by atoms with E-state index in [2.05, 4.69) is 0 Å². The Bertz CT molecular complexity index is 538. The van der Waals surface area contributed by atoms with Crippen LogP contribution in [-0.2, 0) is 15.0 Å². The second-order valence-corrected chi connectivity index (χ2v) is 5.64. The van der Waals surface area contributed by atoms with E-state index in [0.717, 1.165) is 12.8 Å². The average Bonchev–Trinajstić information content (AvgIpc) is 2.95. The highest BCUT2D eigenvalue weighted by molar-refractivity contribution is 5.88. The summed E-state index contributed by atoms with van der Waals surface area (Å²) in [4.78, 5) is 24.9. The van der Waals surface area contributed by atoms with Crippen molar-refractivity contribution >= 4 is 11.9 Å². The fourth-order valence-electron chi connectivity index (χ4n) is 3.16. The molecular weight excluding hydrogens is 273 g/mol. The Morgan fingerprint density at radius 3 is 2.48 bits per heavy atom. The van der Waals surface area contributed by atoms with Gasteiger partial charge in [-0.3, -0.25) is 9.59 Å². The van der Waals surface area contributed by atoms with Gasteiger partial charge in [-0.2, -0.15) is 0 Å². The predicted octanol–water partition coefficient (Wildman–Crippen LogP) is 2.57. The highest BCUT2D eigenvalue weighted by Crippen LogP contribution is 2.43. The molecule has 0 aliphatic heterocycles. The molecule has 5 heteroatoms. The summed E-state index contributed by atoms with van der Waals surface area (Å²) in [7, 11) is 1.59. The number of likely N-dealkylation sites (N-methyl/N-ethyl adjacent to an activating group) is 1. The van der Waals surface area contributed by atoms with E-state index >= 15 is 0 Å². The fourth-order valence-corrected chi connectivity index (χ4v) is 3.16. The van der Waals surface area contributed by atoms with Crippen molar-refractivity contribution in [3.05, 3.63) is 35.6 Å². The molecule has 1 aliphatic rings. The maximum absolute atomic E-state index is 14.2. The van der Waals surface area contributed by atoms with Gasteiger partial charge in [0.25, 0.3) is 0 Å². The highest BCUT2D eigenvalue weighted by atomic mass is 19.1. The summed E-state index contributed by atoms with van der Waals surface area (Å²) >= 11 is 0. The van der Waals surface area contributed by atoms with Crippen LogP contribution in [0.15, 0.2) is 24.3 Å². The number of carbonyl (C=O) groups excluding carboxylic acids is 1. The van der Waals surface area contributed by atoms with Crippen LogP contribution in [0.2, 0.25) is 0 Å². The molecule has 2 rings (SSSR count). The van der Waals surface area contributed by atoms with Gasteiger partial charge < -0.3 is 10.0 Å². The number of hydrogen-bond acceptors (Lipinski definition) is 2. The first-order valence-electron chi connectivity index (χ1n) is 7.20. The first kappa shape index (κ1) is 15.5. The minimum Gasteiger partial charge on any atom is -0.481 e. The van der Waals surface area contributed by atoms with E-state index in [1.54, 1.807) is 25.2 Å². The lowest BCUT2D eigenvalue weighted by Crippen LogP contribution is -2.44. The lowest BCUT2D eigenvalue weighted by molar-refractivity contribution is -0.139. The molecule has 0 heterocycles. The summed E-state index contributed by atoms with van der Waals surface area (Å²) in [6, 6.07) is 6.40. The van der Waals surface area contributed by atoms with E-state index in [4.69, 9.17) is 5.11 Å². The van der Waals surface area contributed by atoms with E-state index in [0.29, 0.717) is 18.4 Å². The van der Waals surface area contributed by atoms with Crippen LogP contribution in [0.4, 0.5) is 4.39 Å². The number of amides is 1. The number of halogens is 1. The molecule has 1 aromatic carbocycles. The van der Waals surface area contributed by atoms with E-state index < -0.39 is 11.4 Å². The summed E-state index contributed by atoms with van der Waals surface area (Å²) in [5.41, 5.74) is -0.395. The van der Waals surface area contributed by atoms with E-state index in [1.807, 2.05) is 0 Å². The van der Waals surface area contributed by atoms with Gasteiger partial charge in [-0.1, -0.05) is 31.0 Å². The second-order valence-electron chi connectivity index (χ2n) is 5.64. The van der Waals surface area contributed by atoms with Gasteiger partial charge in [0, 0.05) is 19.2 Å². The van der Waals surface area contributed by atoms with Crippen LogP contribution in [0.5, 0.6) is 0 Å². The zero-order chi connectivity index (χ0) is 15.5. The number of carboxylic acid groups (broad SMARTS) is 1. The number of hydrogen-bond donors (Lipinski definition) is 1. The zero-order valence-electron chi connectivity index (χ0n) is 12.1. The predicted molar refractivity (Wildman–Crippen MR) is 76.4 cm³/mol. The Kier molecular flexibility index (Phi) is 4.60. The SMILES string of the molecule is CN(CCC(=O)O)C(=O)C1(c2ccccc2F)CCCC1. The normalized spacial score (nSPS) is 16.7. The molecule has 21 heavy (non-hydrogen) atoms. The van der Waals surface area contributed by atoms with Crippen LogP contribution in [0, 0.1) is 5.82 Å². The van der Waals surface area contributed by atoms with Crippen molar-refractivity contribution in [2.45, 2.75) is 37.5 Å². The third kappa shape index (κ3) is 3.06. The van der Waals surface area contributed by atoms with Gasteiger partial charge in [-0.05, 0) is 18.9 Å². The minimum absolute atomic E-state index is 0.102. The van der Waals surface area contributed by atoms with Crippen molar-refractivity contribution in [1.29, 1.82) is 0 Å². The van der Waals surface area contributed by atoms with Crippen LogP contribution in [-0.4, -0.2) is 35.5 Å². The van der Waals surface area contributed by atoms with Gasteiger partial charge in [0.15, 0.2) is 0 Å². The molecule has 1 fully saturated rings. The Labute approximate surface area is 123 Å². The zero-order valence-corrected chi connectivity index (χ0v) is 12.1. The van der Waals surface area contributed by atoms with Gasteiger partial charge in [0.1, 0.15) is 5.82 Å².